The van der Waals surface area contributed by atoms with E-state index in [2.05, 4.69) is 10.3 Å². The van der Waals surface area contributed by atoms with Gasteiger partial charge in [0, 0.05) is 28.5 Å². The number of non-ortho nitro benzene ring substituents is 1. The topological polar surface area (TPSA) is 98.0 Å². The summed E-state index contributed by atoms with van der Waals surface area (Å²) in [6.07, 6.45) is 0.632. The Morgan fingerprint density at radius 1 is 1.19 bits per heavy atom. The van der Waals surface area contributed by atoms with E-state index in [4.69, 9.17) is 4.98 Å². The number of carbonyl (C=O) groups is 1. The molecular weight excluding hydrogens is 444 g/mol. The van der Waals surface area contributed by atoms with Gasteiger partial charge < -0.3 is 5.32 Å². The molecule has 0 saturated heterocycles. The molecule has 0 aliphatic heterocycles. The van der Waals surface area contributed by atoms with Crippen LogP contribution in [0.1, 0.15) is 18.9 Å². The molecule has 1 amide bonds. The number of thiazole rings is 1. The Morgan fingerprint density at radius 3 is 2.78 bits per heavy atom. The van der Waals surface area contributed by atoms with Crippen LogP contribution in [0.4, 0.5) is 10.8 Å². The first-order chi connectivity index (χ1) is 15.4. The first-order valence-corrected chi connectivity index (χ1v) is 11.7. The molecule has 0 fully saturated rings. The van der Waals surface area contributed by atoms with E-state index in [-0.39, 0.29) is 16.8 Å². The summed E-state index contributed by atoms with van der Waals surface area (Å²) < 4.78 is 0. The summed E-state index contributed by atoms with van der Waals surface area (Å²) in [5, 5.41) is 17.7. The first-order valence-electron chi connectivity index (χ1n) is 9.99. The van der Waals surface area contributed by atoms with Gasteiger partial charge in [0.2, 0.25) is 5.91 Å². The SMILES string of the molecule is CCC(Sc1cc(C)c2ccccc2n1)C(=O)Nc1nc(-c2cccc([N+](=O)[O-])c2)cs1. The minimum Gasteiger partial charge on any atom is -0.301 e. The van der Waals surface area contributed by atoms with E-state index < -0.39 is 4.92 Å². The van der Waals surface area contributed by atoms with Crippen LogP contribution in [0.15, 0.2) is 65.0 Å². The van der Waals surface area contributed by atoms with Crippen molar-refractivity contribution in [2.24, 2.45) is 0 Å². The number of nitrogens with one attached hydrogen (secondary N) is 1. The number of aromatic nitrogens is 2. The van der Waals surface area contributed by atoms with Gasteiger partial charge in [-0.15, -0.1) is 11.3 Å². The monoisotopic (exact) mass is 464 g/mol. The lowest BCUT2D eigenvalue weighted by Gasteiger charge is -2.14. The van der Waals surface area contributed by atoms with Gasteiger partial charge in [0.1, 0.15) is 0 Å². The summed E-state index contributed by atoms with van der Waals surface area (Å²) in [6.45, 7) is 4.00. The molecule has 0 aliphatic rings. The number of fused-ring (bicyclic) bond motifs is 1. The maximum absolute atomic E-state index is 12.9. The second kappa shape index (κ2) is 9.46. The van der Waals surface area contributed by atoms with Crippen LogP contribution in [0.3, 0.4) is 0 Å². The highest BCUT2D eigenvalue weighted by molar-refractivity contribution is 8.00. The van der Waals surface area contributed by atoms with Crippen LogP contribution in [-0.2, 0) is 4.79 Å². The van der Waals surface area contributed by atoms with Crippen molar-refractivity contribution in [1.82, 2.24) is 9.97 Å². The Morgan fingerprint density at radius 2 is 2.00 bits per heavy atom. The van der Waals surface area contributed by atoms with Crippen molar-refractivity contribution in [3.05, 3.63) is 75.7 Å². The maximum atomic E-state index is 12.9. The molecule has 2 aromatic heterocycles. The number of anilines is 1. The fourth-order valence-electron chi connectivity index (χ4n) is 3.28. The van der Waals surface area contributed by atoms with Gasteiger partial charge in [-0.2, -0.15) is 0 Å². The number of nitrogens with zero attached hydrogens (tertiary/aromatic N) is 3. The van der Waals surface area contributed by atoms with Gasteiger partial charge in [-0.05, 0) is 31.0 Å². The second-order valence-corrected chi connectivity index (χ2v) is 9.22. The van der Waals surface area contributed by atoms with Crippen molar-refractivity contribution in [3.8, 4) is 11.3 Å². The van der Waals surface area contributed by atoms with E-state index >= 15 is 0 Å². The fraction of sp³-hybridized carbons (Fsp3) is 0.174. The number of carbonyl (C=O) groups excluding carboxylic acids is 1. The summed E-state index contributed by atoms with van der Waals surface area (Å²) in [4.78, 5) is 32.6. The fourth-order valence-corrected chi connectivity index (χ4v) is 5.02. The molecule has 7 nitrogen and oxygen atoms in total. The van der Waals surface area contributed by atoms with Crippen LogP contribution in [0, 0.1) is 17.0 Å². The maximum Gasteiger partial charge on any atom is 0.270 e. The number of thioether (sulfide) groups is 1. The Hall–Kier alpha value is -3.30. The van der Waals surface area contributed by atoms with Crippen molar-refractivity contribution < 1.29 is 9.72 Å². The quantitative estimate of drug-likeness (QED) is 0.202. The van der Waals surface area contributed by atoms with Crippen molar-refractivity contribution in [2.75, 3.05) is 5.32 Å². The van der Waals surface area contributed by atoms with Gasteiger partial charge in [-0.1, -0.05) is 49.0 Å². The first kappa shape index (κ1) is 21.9. The van der Waals surface area contributed by atoms with Crippen molar-refractivity contribution in [1.29, 1.82) is 0 Å². The van der Waals surface area contributed by atoms with Gasteiger partial charge in [-0.25, -0.2) is 9.97 Å². The van der Waals surface area contributed by atoms with Gasteiger partial charge in [0.05, 0.1) is 26.4 Å². The largest absolute Gasteiger partial charge is 0.301 e. The number of pyridine rings is 1. The highest BCUT2D eigenvalue weighted by Gasteiger charge is 2.21. The van der Waals surface area contributed by atoms with Gasteiger partial charge in [-0.3, -0.25) is 14.9 Å². The van der Waals surface area contributed by atoms with Crippen LogP contribution >= 0.6 is 23.1 Å². The lowest BCUT2D eigenvalue weighted by atomic mass is 10.1. The summed E-state index contributed by atoms with van der Waals surface area (Å²) in [6, 6.07) is 16.2. The lowest BCUT2D eigenvalue weighted by Crippen LogP contribution is -2.24. The Kier molecular flexibility index (Phi) is 6.48. The number of hydrogen-bond acceptors (Lipinski definition) is 7. The standard InChI is InChI=1S/C23H20N4O3S2/c1-3-20(32-21-11-14(2)17-9-4-5-10-18(17)24-21)22(28)26-23-25-19(13-31-23)15-7-6-8-16(12-15)27(29)30/h4-13,20H,3H2,1-2H3,(H,25,26,28). The molecule has 0 spiro atoms. The zero-order chi connectivity index (χ0) is 22.7. The molecule has 2 heterocycles. The summed E-state index contributed by atoms with van der Waals surface area (Å²) in [7, 11) is 0. The van der Waals surface area contributed by atoms with Crippen LogP contribution < -0.4 is 5.32 Å². The molecule has 4 aromatic rings. The van der Waals surface area contributed by atoms with Crippen LogP contribution in [0.2, 0.25) is 0 Å². The van der Waals surface area contributed by atoms with Crippen LogP contribution in [-0.4, -0.2) is 26.0 Å². The van der Waals surface area contributed by atoms with E-state index in [1.807, 2.05) is 44.2 Å². The Bertz CT molecular complexity index is 1310. The smallest absolute Gasteiger partial charge is 0.270 e. The van der Waals surface area contributed by atoms with E-state index in [0.29, 0.717) is 22.8 Å². The number of nitro groups is 1. The second-order valence-electron chi connectivity index (χ2n) is 7.14. The van der Waals surface area contributed by atoms with Crippen molar-refractivity contribution >= 4 is 50.7 Å². The molecule has 1 unspecified atom stereocenters. The molecule has 0 aliphatic carbocycles. The minimum absolute atomic E-state index is 0.00158. The number of nitro benzene ring substituents is 1. The zero-order valence-corrected chi connectivity index (χ0v) is 19.1. The molecule has 0 bridgehead atoms. The molecule has 9 heteroatoms. The third-order valence-electron chi connectivity index (χ3n) is 4.91. The summed E-state index contributed by atoms with van der Waals surface area (Å²) >= 11 is 2.72. The predicted molar refractivity (Wildman–Crippen MR) is 129 cm³/mol. The minimum atomic E-state index is -0.440. The summed E-state index contributed by atoms with van der Waals surface area (Å²) in [5.41, 5.74) is 3.25. The third kappa shape index (κ3) is 4.79. The van der Waals surface area contributed by atoms with Crippen molar-refractivity contribution in [3.63, 3.8) is 0 Å². The number of hydrogen-bond donors (Lipinski definition) is 1. The molecule has 0 saturated carbocycles. The van der Waals surface area contributed by atoms with Crippen LogP contribution in [0.25, 0.3) is 22.2 Å². The third-order valence-corrected chi connectivity index (χ3v) is 6.95. The van der Waals surface area contributed by atoms with E-state index in [9.17, 15) is 14.9 Å². The average Bonchev–Trinajstić information content (AvgIpc) is 3.26. The molecule has 1 N–H and O–H groups in total. The molecule has 0 radical (unpaired) electrons. The molecule has 4 rings (SSSR count). The van der Waals surface area contributed by atoms with E-state index in [1.54, 1.807) is 17.5 Å². The highest BCUT2D eigenvalue weighted by Crippen LogP contribution is 2.31. The van der Waals surface area contributed by atoms with Gasteiger partial charge in [0.15, 0.2) is 5.13 Å². The molecule has 1 atom stereocenters. The number of amides is 1. The molecular formula is C23H20N4O3S2. The number of aryl methyl sites for hydroxylation is 1. The zero-order valence-electron chi connectivity index (χ0n) is 17.4. The lowest BCUT2D eigenvalue weighted by molar-refractivity contribution is -0.384. The predicted octanol–water partition coefficient (Wildman–Crippen LogP) is 6.08. The summed E-state index contributed by atoms with van der Waals surface area (Å²) in [5.74, 6) is -0.148. The molecule has 162 valence electrons. The van der Waals surface area contributed by atoms with E-state index in [0.717, 1.165) is 21.5 Å². The highest BCUT2D eigenvalue weighted by atomic mass is 32.2. The normalized spacial score (nSPS) is 11.9. The van der Waals surface area contributed by atoms with Crippen molar-refractivity contribution in [2.45, 2.75) is 30.5 Å². The van der Waals surface area contributed by atoms with Gasteiger partial charge in [0.25, 0.3) is 5.69 Å². The number of rotatable bonds is 7. The molecule has 32 heavy (non-hydrogen) atoms. The number of benzene rings is 2. The average molecular weight is 465 g/mol. The Labute approximate surface area is 193 Å². The molecule has 2 aromatic carbocycles. The van der Waals surface area contributed by atoms with Crippen LogP contribution in [0.5, 0.6) is 0 Å². The van der Waals surface area contributed by atoms with E-state index in [1.165, 1.54) is 35.2 Å². The van der Waals surface area contributed by atoms with Gasteiger partial charge >= 0.3 is 0 Å². The number of para-hydroxylation sites is 1. The Balaban J connectivity index is 1.48.